The molecular weight excluding hydrogens is 705 g/mol. The zero-order chi connectivity index (χ0) is 28.8. The molecule has 0 amide bonds. The number of fused-ring (bicyclic) bond motifs is 3. The van der Waals surface area contributed by atoms with Crippen LogP contribution in [-0.2, 0) is 32.2 Å². The van der Waals surface area contributed by atoms with Gasteiger partial charge in [-0.25, -0.2) is 0 Å². The van der Waals surface area contributed by atoms with E-state index in [2.05, 4.69) is 103 Å². The van der Waals surface area contributed by atoms with Crippen LogP contribution in [0.4, 0.5) is 5.69 Å². The van der Waals surface area contributed by atoms with E-state index >= 15 is 0 Å². The Morgan fingerprint density at radius 2 is 1.72 bits per heavy atom. The van der Waals surface area contributed by atoms with Crippen LogP contribution in [0, 0.1) is 18.1 Å². The Kier molecular flexibility index (Phi) is 8.15. The molecule has 1 aliphatic carbocycles. The summed E-state index contributed by atoms with van der Waals surface area (Å²) >= 11 is 0. The molecule has 2 aliphatic heterocycles. The standard InChI is InChI=1S/C23H23N2.C15H15N2.Ir/c1-23(2)15-19(16-9-6-7-10-16)18-13-8-14-20-21(18)25(23)22(24-20)17-11-4-3-5-12-17;1-11(2)17-10-12-6-3-4-7-13(12)15-14(17)8-5-9-16-15;/h3-5,8,11,13-16H,6-7,9-10H2,1-2H3;3-6,8-9,11H,10H2,1-2H3;/q2*-1;. The predicted molar refractivity (Wildman–Crippen MR) is 173 cm³/mol. The molecule has 5 aromatic rings. The van der Waals surface area contributed by atoms with E-state index in [0.29, 0.717) is 12.0 Å². The van der Waals surface area contributed by atoms with Gasteiger partial charge in [-0.15, -0.1) is 71.3 Å². The summed E-state index contributed by atoms with van der Waals surface area (Å²) < 4.78 is 2.42. The Morgan fingerprint density at radius 1 is 0.907 bits per heavy atom. The molecule has 43 heavy (non-hydrogen) atoms. The second-order valence-electron chi connectivity index (χ2n) is 12.6. The summed E-state index contributed by atoms with van der Waals surface area (Å²) in [4.78, 5) is 11.9. The third-order valence-electron chi connectivity index (χ3n) is 9.06. The van der Waals surface area contributed by atoms with Gasteiger partial charge in [0.1, 0.15) is 0 Å². The molecule has 4 nitrogen and oxygen atoms in total. The molecule has 1 fully saturated rings. The second kappa shape index (κ2) is 11.9. The first kappa shape index (κ1) is 29.5. The summed E-state index contributed by atoms with van der Waals surface area (Å²) in [5.41, 5.74) is 11.1. The largest absolute Gasteiger partial charge is 0.379 e. The molecule has 0 bridgehead atoms. The molecule has 4 heterocycles. The third-order valence-corrected chi connectivity index (χ3v) is 9.06. The molecule has 0 saturated heterocycles. The van der Waals surface area contributed by atoms with Gasteiger partial charge in [-0.3, -0.25) is 4.98 Å². The van der Waals surface area contributed by atoms with Gasteiger partial charge in [-0.05, 0) is 70.2 Å². The van der Waals surface area contributed by atoms with Gasteiger partial charge in [-0.2, -0.15) is 0 Å². The number of anilines is 1. The second-order valence-corrected chi connectivity index (χ2v) is 12.6. The van der Waals surface area contributed by atoms with Gasteiger partial charge in [0.2, 0.25) is 0 Å². The first-order valence-corrected chi connectivity index (χ1v) is 15.4. The van der Waals surface area contributed by atoms with Gasteiger partial charge in [0.25, 0.3) is 0 Å². The number of pyridine rings is 1. The minimum Gasteiger partial charge on any atom is -0.379 e. The third kappa shape index (κ3) is 5.28. The van der Waals surface area contributed by atoms with Crippen molar-refractivity contribution < 1.29 is 20.1 Å². The zero-order valence-electron chi connectivity index (χ0n) is 25.4. The summed E-state index contributed by atoms with van der Waals surface area (Å²) in [6.45, 7) is 10.0. The van der Waals surface area contributed by atoms with Crippen molar-refractivity contribution in [1.82, 2.24) is 14.5 Å². The fourth-order valence-electron chi connectivity index (χ4n) is 7.11. The molecule has 2 aromatic heterocycles. The molecule has 1 radical (unpaired) electrons. The van der Waals surface area contributed by atoms with Crippen molar-refractivity contribution >= 4 is 22.3 Å². The predicted octanol–water partition coefficient (Wildman–Crippen LogP) is 9.10. The van der Waals surface area contributed by atoms with E-state index in [1.165, 1.54) is 48.0 Å². The van der Waals surface area contributed by atoms with Crippen LogP contribution in [0.1, 0.15) is 64.5 Å². The van der Waals surface area contributed by atoms with Crippen LogP contribution < -0.4 is 4.90 Å². The molecule has 0 spiro atoms. The van der Waals surface area contributed by atoms with Crippen molar-refractivity contribution in [3.05, 3.63) is 108 Å². The molecule has 0 unspecified atom stereocenters. The normalized spacial score (nSPS) is 16.6. The zero-order valence-corrected chi connectivity index (χ0v) is 27.8. The maximum absolute atomic E-state index is 5.01. The quantitative estimate of drug-likeness (QED) is 0.173. The topological polar surface area (TPSA) is 34.0 Å². The van der Waals surface area contributed by atoms with E-state index in [4.69, 9.17) is 4.98 Å². The maximum Gasteiger partial charge on any atom is 0.0777 e. The van der Waals surface area contributed by atoms with Crippen molar-refractivity contribution in [3.8, 4) is 22.6 Å². The summed E-state index contributed by atoms with van der Waals surface area (Å²) in [5, 5.41) is 0. The molecule has 0 atom stereocenters. The number of nitrogens with zero attached hydrogens (tertiary/aromatic N) is 4. The number of imidazole rings is 1. The summed E-state index contributed by atoms with van der Waals surface area (Å²) in [6.07, 6.45) is 9.73. The molecular formula is C38H38IrN4-2. The fraction of sp³-hybridized carbons (Fsp3) is 0.316. The SMILES string of the molecule is CC(C)N1Cc2ccc[c-]c2-c2ncccc21.CC1(C)C=C(C2CCCC2)c2cccc3nc(-c4[c-]cccc4)n1c23.[Ir]. The van der Waals surface area contributed by atoms with E-state index in [0.717, 1.165) is 34.7 Å². The van der Waals surface area contributed by atoms with Crippen LogP contribution in [0.5, 0.6) is 0 Å². The van der Waals surface area contributed by atoms with Crippen molar-refractivity contribution in [2.75, 3.05) is 4.90 Å². The molecule has 8 rings (SSSR count). The Morgan fingerprint density at radius 3 is 2.49 bits per heavy atom. The minimum absolute atomic E-state index is 0. The molecule has 221 valence electrons. The summed E-state index contributed by atoms with van der Waals surface area (Å²) in [5.74, 6) is 1.73. The van der Waals surface area contributed by atoms with Gasteiger partial charge >= 0.3 is 0 Å². The van der Waals surface area contributed by atoms with E-state index in [-0.39, 0.29) is 25.6 Å². The van der Waals surface area contributed by atoms with Gasteiger partial charge < -0.3 is 14.5 Å². The number of rotatable bonds is 3. The molecule has 3 aromatic carbocycles. The van der Waals surface area contributed by atoms with E-state index in [1.807, 2.05) is 36.5 Å². The minimum atomic E-state index is -0.0833. The number of allylic oxidation sites excluding steroid dienone is 2. The van der Waals surface area contributed by atoms with Crippen LogP contribution in [0.15, 0.2) is 85.1 Å². The van der Waals surface area contributed by atoms with Crippen LogP contribution in [0.3, 0.4) is 0 Å². The summed E-state index contributed by atoms with van der Waals surface area (Å²) in [7, 11) is 0. The maximum atomic E-state index is 5.01. The Hall–Kier alpha value is -3.53. The molecule has 3 aliphatic rings. The smallest absolute Gasteiger partial charge is 0.0777 e. The van der Waals surface area contributed by atoms with Crippen LogP contribution >= 0.6 is 0 Å². The number of benzene rings is 3. The van der Waals surface area contributed by atoms with Crippen molar-refractivity contribution in [2.24, 2.45) is 5.92 Å². The van der Waals surface area contributed by atoms with Gasteiger partial charge in [0.15, 0.2) is 0 Å². The average molecular weight is 743 g/mol. The van der Waals surface area contributed by atoms with Gasteiger partial charge in [0, 0.05) is 55.8 Å². The van der Waals surface area contributed by atoms with Crippen molar-refractivity contribution in [3.63, 3.8) is 0 Å². The van der Waals surface area contributed by atoms with Crippen LogP contribution in [0.25, 0.3) is 39.3 Å². The van der Waals surface area contributed by atoms with Gasteiger partial charge in [-0.1, -0.05) is 31.1 Å². The number of hydrogen-bond acceptors (Lipinski definition) is 3. The number of para-hydroxylation sites is 1. The van der Waals surface area contributed by atoms with Crippen LogP contribution in [0.2, 0.25) is 0 Å². The first-order valence-electron chi connectivity index (χ1n) is 15.4. The fourth-order valence-corrected chi connectivity index (χ4v) is 7.11. The Bertz CT molecular complexity index is 1780. The monoisotopic (exact) mass is 743 g/mol. The van der Waals surface area contributed by atoms with E-state index in [9.17, 15) is 0 Å². The van der Waals surface area contributed by atoms with Crippen molar-refractivity contribution in [1.29, 1.82) is 0 Å². The Labute approximate surface area is 269 Å². The van der Waals surface area contributed by atoms with Crippen molar-refractivity contribution in [2.45, 2.75) is 71.5 Å². The average Bonchev–Trinajstić information content (AvgIpc) is 3.69. The number of hydrogen-bond donors (Lipinski definition) is 0. The molecule has 5 heteroatoms. The first-order chi connectivity index (χ1) is 20.4. The van der Waals surface area contributed by atoms with Crippen LogP contribution in [-0.4, -0.2) is 20.6 Å². The number of aromatic nitrogens is 3. The molecule has 1 saturated carbocycles. The van der Waals surface area contributed by atoms with E-state index < -0.39 is 0 Å². The van der Waals surface area contributed by atoms with Gasteiger partial charge in [0.05, 0.1) is 22.4 Å². The molecule has 0 N–H and O–H groups in total. The summed E-state index contributed by atoms with van der Waals surface area (Å²) in [6, 6.07) is 32.2. The van der Waals surface area contributed by atoms with E-state index in [1.54, 1.807) is 5.57 Å². The Balaban J connectivity index is 0.000000161.